The Hall–Kier alpha value is -3.54. The largest absolute Gasteiger partial charge is 0.508 e. The van der Waals surface area contributed by atoms with Gasteiger partial charge in [-0.25, -0.2) is 8.78 Å². The number of aromatic amines is 1. The van der Waals surface area contributed by atoms with Crippen LogP contribution in [0.2, 0.25) is 0 Å². The number of aromatic hydroxyl groups is 1. The molecule has 0 fully saturated rings. The minimum Gasteiger partial charge on any atom is -0.508 e. The van der Waals surface area contributed by atoms with Crippen molar-refractivity contribution in [1.29, 1.82) is 0 Å². The zero-order valence-electron chi connectivity index (χ0n) is 15.1. The van der Waals surface area contributed by atoms with Crippen molar-refractivity contribution in [3.05, 3.63) is 77.9 Å². The fraction of sp³-hybridized carbons (Fsp3) is 0.0909. The molecule has 1 heterocycles. The molecular weight excluding hydrogens is 362 g/mol. The van der Waals surface area contributed by atoms with Crippen molar-refractivity contribution >= 4 is 16.6 Å². The van der Waals surface area contributed by atoms with Crippen LogP contribution in [-0.2, 0) is 6.54 Å². The van der Waals surface area contributed by atoms with E-state index in [0.717, 1.165) is 28.6 Å². The zero-order valence-corrected chi connectivity index (χ0v) is 15.1. The molecule has 0 aliphatic rings. The fourth-order valence-corrected chi connectivity index (χ4v) is 3.16. The van der Waals surface area contributed by atoms with Gasteiger partial charge >= 0.3 is 0 Å². The molecule has 4 aromatic rings. The van der Waals surface area contributed by atoms with Gasteiger partial charge in [-0.15, -0.1) is 0 Å². The van der Waals surface area contributed by atoms with E-state index in [9.17, 15) is 13.9 Å². The van der Waals surface area contributed by atoms with Crippen molar-refractivity contribution in [2.24, 2.45) is 0 Å². The van der Waals surface area contributed by atoms with Crippen molar-refractivity contribution in [1.82, 2.24) is 4.98 Å². The summed E-state index contributed by atoms with van der Waals surface area (Å²) in [6.07, 6.45) is 0. The number of anilines is 1. The van der Waals surface area contributed by atoms with Gasteiger partial charge in [-0.1, -0.05) is 12.1 Å². The van der Waals surface area contributed by atoms with E-state index in [4.69, 9.17) is 4.74 Å². The minimum absolute atomic E-state index is 0.206. The van der Waals surface area contributed by atoms with Crippen LogP contribution < -0.4 is 10.1 Å². The average molecular weight is 380 g/mol. The molecule has 0 atom stereocenters. The maximum Gasteiger partial charge on any atom is 0.160 e. The second-order valence-corrected chi connectivity index (χ2v) is 6.48. The molecule has 4 rings (SSSR count). The Balaban J connectivity index is 1.66. The standard InChI is InChI=1S/C22H18F2N2O2/c1-28-22-6-5-14(9-21(22)25-12-13-3-2-4-16(27)7-13)19-10-15-8-17(23)18(24)11-20(15)26-19/h2-11,25-27H,12H2,1H3. The molecule has 0 spiro atoms. The fourth-order valence-electron chi connectivity index (χ4n) is 3.16. The van der Waals surface area contributed by atoms with Crippen molar-refractivity contribution in [3.8, 4) is 22.8 Å². The van der Waals surface area contributed by atoms with E-state index in [1.807, 2.05) is 24.3 Å². The summed E-state index contributed by atoms with van der Waals surface area (Å²) in [5, 5.41) is 13.5. The third-order valence-electron chi connectivity index (χ3n) is 4.57. The van der Waals surface area contributed by atoms with E-state index in [2.05, 4.69) is 10.3 Å². The smallest absolute Gasteiger partial charge is 0.160 e. The number of hydrogen-bond acceptors (Lipinski definition) is 3. The second kappa shape index (κ2) is 7.23. The van der Waals surface area contributed by atoms with Crippen LogP contribution in [0.15, 0.2) is 60.7 Å². The number of hydrogen-bond donors (Lipinski definition) is 3. The van der Waals surface area contributed by atoms with Crippen LogP contribution in [0.4, 0.5) is 14.5 Å². The highest BCUT2D eigenvalue weighted by Crippen LogP contribution is 2.32. The van der Waals surface area contributed by atoms with Gasteiger partial charge in [-0.05, 0) is 48.0 Å². The summed E-state index contributed by atoms with van der Waals surface area (Å²) < 4.78 is 32.4. The summed E-state index contributed by atoms with van der Waals surface area (Å²) in [7, 11) is 1.59. The van der Waals surface area contributed by atoms with Gasteiger partial charge in [0, 0.05) is 34.8 Å². The van der Waals surface area contributed by atoms with Crippen LogP contribution in [0.1, 0.15) is 5.56 Å². The number of methoxy groups -OCH3 is 1. The van der Waals surface area contributed by atoms with Crippen LogP contribution >= 0.6 is 0 Å². The van der Waals surface area contributed by atoms with Crippen LogP contribution in [0.5, 0.6) is 11.5 Å². The molecular formula is C22H18F2N2O2. The summed E-state index contributed by atoms with van der Waals surface area (Å²) in [6.45, 7) is 0.497. The Labute approximate surface area is 160 Å². The van der Waals surface area contributed by atoms with Gasteiger partial charge in [-0.2, -0.15) is 0 Å². The predicted octanol–water partition coefficient (Wildman–Crippen LogP) is 5.44. The first kappa shape index (κ1) is 17.9. The SMILES string of the molecule is COc1ccc(-c2cc3cc(F)c(F)cc3[nH]2)cc1NCc1cccc(O)c1. The van der Waals surface area contributed by atoms with E-state index < -0.39 is 11.6 Å². The highest BCUT2D eigenvalue weighted by molar-refractivity contribution is 5.86. The monoisotopic (exact) mass is 380 g/mol. The van der Waals surface area contributed by atoms with Crippen molar-refractivity contribution < 1.29 is 18.6 Å². The number of ether oxygens (including phenoxy) is 1. The van der Waals surface area contributed by atoms with Gasteiger partial charge < -0.3 is 20.1 Å². The van der Waals surface area contributed by atoms with E-state index in [-0.39, 0.29) is 5.75 Å². The van der Waals surface area contributed by atoms with E-state index in [1.165, 1.54) is 6.07 Å². The molecule has 28 heavy (non-hydrogen) atoms. The molecule has 3 aromatic carbocycles. The van der Waals surface area contributed by atoms with Gasteiger partial charge in [0.05, 0.1) is 12.8 Å². The first-order chi connectivity index (χ1) is 13.5. The normalized spacial score (nSPS) is 11.0. The molecule has 0 saturated heterocycles. The van der Waals surface area contributed by atoms with Gasteiger partial charge in [0.25, 0.3) is 0 Å². The van der Waals surface area contributed by atoms with Gasteiger partial charge in [0.2, 0.25) is 0 Å². The number of benzene rings is 3. The van der Waals surface area contributed by atoms with Crippen molar-refractivity contribution in [2.75, 3.05) is 12.4 Å². The molecule has 0 saturated carbocycles. The van der Waals surface area contributed by atoms with Crippen LogP contribution in [-0.4, -0.2) is 17.2 Å². The highest BCUT2D eigenvalue weighted by atomic mass is 19.2. The maximum atomic E-state index is 13.5. The lowest BCUT2D eigenvalue weighted by Gasteiger charge is -2.13. The number of nitrogens with one attached hydrogen (secondary N) is 2. The molecule has 142 valence electrons. The van der Waals surface area contributed by atoms with Crippen LogP contribution in [0.25, 0.3) is 22.2 Å². The molecule has 4 nitrogen and oxygen atoms in total. The summed E-state index contributed by atoms with van der Waals surface area (Å²) in [5.74, 6) is -0.889. The third-order valence-corrected chi connectivity index (χ3v) is 4.57. The summed E-state index contributed by atoms with van der Waals surface area (Å²) in [4.78, 5) is 3.12. The Morgan fingerprint density at radius 3 is 2.61 bits per heavy atom. The van der Waals surface area contributed by atoms with Crippen molar-refractivity contribution in [3.63, 3.8) is 0 Å². The lowest BCUT2D eigenvalue weighted by Crippen LogP contribution is -2.01. The summed E-state index contributed by atoms with van der Waals surface area (Å²) >= 11 is 0. The lowest BCUT2D eigenvalue weighted by molar-refractivity contribution is 0.416. The molecule has 0 amide bonds. The molecule has 1 aromatic heterocycles. The van der Waals surface area contributed by atoms with Gasteiger partial charge in [0.15, 0.2) is 11.6 Å². The number of phenols is 1. The number of halogens is 2. The van der Waals surface area contributed by atoms with Crippen LogP contribution in [0.3, 0.4) is 0 Å². The number of aromatic nitrogens is 1. The number of fused-ring (bicyclic) bond motifs is 1. The minimum atomic E-state index is -0.885. The Morgan fingerprint density at radius 1 is 1.00 bits per heavy atom. The van der Waals surface area contributed by atoms with Crippen molar-refractivity contribution in [2.45, 2.75) is 6.54 Å². The van der Waals surface area contributed by atoms with Gasteiger partial charge in [-0.3, -0.25) is 0 Å². The van der Waals surface area contributed by atoms with E-state index in [0.29, 0.717) is 23.2 Å². The molecule has 0 unspecified atom stereocenters. The molecule has 3 N–H and O–H groups in total. The van der Waals surface area contributed by atoms with Crippen LogP contribution in [0, 0.1) is 11.6 Å². The molecule has 0 aliphatic heterocycles. The third kappa shape index (κ3) is 3.49. The van der Waals surface area contributed by atoms with E-state index >= 15 is 0 Å². The molecule has 6 heteroatoms. The quantitative estimate of drug-likeness (QED) is 0.432. The van der Waals surface area contributed by atoms with Gasteiger partial charge in [0.1, 0.15) is 11.5 Å². The number of rotatable bonds is 5. The molecule has 0 radical (unpaired) electrons. The zero-order chi connectivity index (χ0) is 19.7. The number of H-pyrrole nitrogens is 1. The lowest BCUT2D eigenvalue weighted by atomic mass is 10.1. The Kier molecular flexibility index (Phi) is 4.61. The molecule has 0 bridgehead atoms. The predicted molar refractivity (Wildman–Crippen MR) is 106 cm³/mol. The molecule has 0 aliphatic carbocycles. The first-order valence-corrected chi connectivity index (χ1v) is 8.71. The highest BCUT2D eigenvalue weighted by Gasteiger charge is 2.11. The summed E-state index contributed by atoms with van der Waals surface area (Å²) in [5.41, 5.74) is 3.79. The number of phenolic OH excluding ortho intramolecular Hbond substituents is 1. The first-order valence-electron chi connectivity index (χ1n) is 8.71. The topological polar surface area (TPSA) is 57.3 Å². The van der Waals surface area contributed by atoms with E-state index in [1.54, 1.807) is 31.4 Å². The summed E-state index contributed by atoms with van der Waals surface area (Å²) in [6, 6.07) is 16.7. The maximum absolute atomic E-state index is 13.5. The average Bonchev–Trinajstić information content (AvgIpc) is 3.09. The second-order valence-electron chi connectivity index (χ2n) is 6.48. The Morgan fingerprint density at radius 2 is 1.82 bits per heavy atom. The Bertz CT molecular complexity index is 1120.